The normalized spacial score (nSPS) is 15.1. The van der Waals surface area contributed by atoms with Gasteiger partial charge < -0.3 is 4.90 Å². The second-order valence-corrected chi connectivity index (χ2v) is 7.82. The van der Waals surface area contributed by atoms with Gasteiger partial charge in [-0.3, -0.25) is 24.8 Å². The summed E-state index contributed by atoms with van der Waals surface area (Å²) >= 11 is 1.22. The third-order valence-electron chi connectivity index (χ3n) is 4.83. The molecular weight excluding hydrogens is 378 g/mol. The van der Waals surface area contributed by atoms with E-state index < -0.39 is 10.5 Å². The van der Waals surface area contributed by atoms with Crippen LogP contribution in [0.4, 0.5) is 10.8 Å². The Morgan fingerprint density at radius 3 is 2.57 bits per heavy atom. The molecule has 0 bridgehead atoms. The molecular formula is C19H19N5O3S. The quantitative estimate of drug-likeness (QED) is 0.493. The smallest absolute Gasteiger partial charge is 0.287 e. The summed E-state index contributed by atoms with van der Waals surface area (Å²) in [4.78, 5) is 36.2. The number of anilines is 1. The zero-order chi connectivity index (χ0) is 19.7. The first-order valence-corrected chi connectivity index (χ1v) is 9.79. The fourth-order valence-electron chi connectivity index (χ4n) is 3.40. The lowest BCUT2D eigenvalue weighted by molar-refractivity contribution is -0.382. The highest BCUT2D eigenvalue weighted by atomic mass is 32.1. The standard InChI is InChI=1S/C19H19N5O3S/c1-13-10-15-17(16(11-13)24(26)27)28-19(21-18(15)25)23-8-6-22(7-9-23)12-14-2-4-20-5-3-14/h2-5,10-11H,6-9,12H2,1H3. The van der Waals surface area contributed by atoms with Gasteiger partial charge in [0.2, 0.25) is 0 Å². The van der Waals surface area contributed by atoms with Crippen LogP contribution in [0.5, 0.6) is 0 Å². The molecule has 0 aliphatic carbocycles. The predicted octanol–water partition coefficient (Wildman–Crippen LogP) is 2.59. The number of rotatable bonds is 4. The summed E-state index contributed by atoms with van der Waals surface area (Å²) in [6, 6.07) is 7.19. The molecule has 0 amide bonds. The van der Waals surface area contributed by atoms with Crippen LogP contribution in [0.25, 0.3) is 10.1 Å². The Hall–Kier alpha value is -2.91. The second-order valence-electron chi connectivity index (χ2n) is 6.84. The molecule has 1 aromatic carbocycles. The van der Waals surface area contributed by atoms with E-state index in [2.05, 4.69) is 14.9 Å². The number of nitro groups is 1. The fourth-order valence-corrected chi connectivity index (χ4v) is 4.51. The highest BCUT2D eigenvalue weighted by Crippen LogP contribution is 2.33. The lowest BCUT2D eigenvalue weighted by Gasteiger charge is -2.34. The van der Waals surface area contributed by atoms with Crippen molar-refractivity contribution in [1.29, 1.82) is 0 Å². The molecule has 1 saturated heterocycles. The van der Waals surface area contributed by atoms with Crippen LogP contribution in [-0.2, 0) is 6.54 Å². The summed E-state index contributed by atoms with van der Waals surface area (Å²) in [5, 5.41) is 12.3. The number of nitro benzene ring substituents is 1. The monoisotopic (exact) mass is 397 g/mol. The summed E-state index contributed by atoms with van der Waals surface area (Å²) in [6.45, 7) is 5.70. The molecule has 2 aromatic heterocycles. The van der Waals surface area contributed by atoms with Gasteiger partial charge in [-0.15, -0.1) is 0 Å². The Balaban J connectivity index is 1.57. The summed E-state index contributed by atoms with van der Waals surface area (Å²) in [5.41, 5.74) is 1.46. The Morgan fingerprint density at radius 2 is 1.89 bits per heavy atom. The van der Waals surface area contributed by atoms with E-state index in [-0.39, 0.29) is 5.69 Å². The number of fused-ring (bicyclic) bond motifs is 1. The number of aryl methyl sites for hydroxylation is 1. The highest BCUT2D eigenvalue weighted by Gasteiger charge is 2.22. The summed E-state index contributed by atoms with van der Waals surface area (Å²) in [7, 11) is 0. The molecule has 0 radical (unpaired) electrons. The van der Waals surface area contributed by atoms with E-state index in [1.54, 1.807) is 25.4 Å². The number of aromatic nitrogens is 2. The second kappa shape index (κ2) is 7.61. The predicted molar refractivity (Wildman–Crippen MR) is 109 cm³/mol. The summed E-state index contributed by atoms with van der Waals surface area (Å²) in [6.07, 6.45) is 3.58. The molecule has 8 nitrogen and oxygen atoms in total. The van der Waals surface area contributed by atoms with Crippen molar-refractivity contribution in [2.75, 3.05) is 31.1 Å². The average molecular weight is 397 g/mol. The number of hydrogen-bond donors (Lipinski definition) is 0. The van der Waals surface area contributed by atoms with E-state index in [0.717, 1.165) is 32.7 Å². The first-order chi connectivity index (χ1) is 13.5. The number of non-ortho nitro benzene ring substituents is 1. The lowest BCUT2D eigenvalue weighted by atomic mass is 10.1. The van der Waals surface area contributed by atoms with Crippen LogP contribution in [0.2, 0.25) is 0 Å². The van der Waals surface area contributed by atoms with Crippen molar-refractivity contribution in [2.24, 2.45) is 0 Å². The molecule has 144 valence electrons. The molecule has 1 aliphatic heterocycles. The maximum Gasteiger partial charge on any atom is 0.287 e. The van der Waals surface area contributed by atoms with E-state index in [0.29, 0.717) is 20.8 Å². The molecule has 3 aromatic rings. The SMILES string of the molecule is Cc1cc([N+](=O)[O-])c2sc(N3CCN(Cc4ccncc4)CC3)nc(=O)c2c1. The molecule has 3 heterocycles. The largest absolute Gasteiger partial charge is 0.345 e. The Bertz CT molecular complexity index is 1080. The van der Waals surface area contributed by atoms with Crippen molar-refractivity contribution >= 4 is 32.2 Å². The third-order valence-corrected chi connectivity index (χ3v) is 5.99. The van der Waals surface area contributed by atoms with Crippen LogP contribution in [0.1, 0.15) is 11.1 Å². The average Bonchev–Trinajstić information content (AvgIpc) is 2.69. The van der Waals surface area contributed by atoms with Crippen LogP contribution >= 0.6 is 11.3 Å². The number of hydrogen-bond acceptors (Lipinski definition) is 8. The molecule has 0 atom stereocenters. The van der Waals surface area contributed by atoms with Gasteiger partial charge in [0.15, 0.2) is 5.13 Å². The Kier molecular flexibility index (Phi) is 5.01. The zero-order valence-corrected chi connectivity index (χ0v) is 16.2. The van der Waals surface area contributed by atoms with Gasteiger partial charge in [-0.25, -0.2) is 0 Å². The molecule has 1 fully saturated rings. The van der Waals surface area contributed by atoms with Gasteiger partial charge in [-0.2, -0.15) is 4.98 Å². The Labute approximate surface area is 165 Å². The van der Waals surface area contributed by atoms with Crippen molar-refractivity contribution in [3.05, 3.63) is 68.3 Å². The Morgan fingerprint density at radius 1 is 1.18 bits per heavy atom. The van der Waals surface area contributed by atoms with E-state index in [1.165, 1.54) is 23.0 Å². The van der Waals surface area contributed by atoms with Gasteiger partial charge in [0.05, 0.1) is 10.3 Å². The lowest BCUT2D eigenvalue weighted by Crippen LogP contribution is -2.46. The van der Waals surface area contributed by atoms with Gasteiger partial charge >= 0.3 is 0 Å². The molecule has 0 spiro atoms. The van der Waals surface area contributed by atoms with E-state index in [9.17, 15) is 14.9 Å². The van der Waals surface area contributed by atoms with Crippen LogP contribution in [0.15, 0.2) is 41.5 Å². The summed E-state index contributed by atoms with van der Waals surface area (Å²) in [5.74, 6) is 0. The maximum atomic E-state index is 12.5. The van der Waals surface area contributed by atoms with Crippen molar-refractivity contribution in [3.8, 4) is 0 Å². The molecule has 1 aliphatic rings. The van der Waals surface area contributed by atoms with E-state index in [4.69, 9.17) is 0 Å². The molecule has 0 unspecified atom stereocenters. The van der Waals surface area contributed by atoms with Crippen LogP contribution in [0, 0.1) is 17.0 Å². The van der Waals surface area contributed by atoms with Crippen molar-refractivity contribution in [3.63, 3.8) is 0 Å². The topological polar surface area (TPSA) is 92.5 Å². The van der Waals surface area contributed by atoms with Crippen LogP contribution < -0.4 is 10.5 Å². The minimum atomic E-state index is -0.429. The van der Waals surface area contributed by atoms with E-state index in [1.807, 2.05) is 17.0 Å². The molecule has 0 N–H and O–H groups in total. The van der Waals surface area contributed by atoms with Gasteiger partial charge in [0.25, 0.3) is 11.2 Å². The fraction of sp³-hybridized carbons (Fsp3) is 0.316. The molecule has 4 rings (SSSR count). The third kappa shape index (κ3) is 3.71. The minimum absolute atomic E-state index is 0.0305. The van der Waals surface area contributed by atoms with Gasteiger partial charge in [-0.05, 0) is 36.2 Å². The number of piperazine rings is 1. The highest BCUT2D eigenvalue weighted by molar-refractivity contribution is 7.22. The van der Waals surface area contributed by atoms with Crippen LogP contribution in [-0.4, -0.2) is 46.0 Å². The van der Waals surface area contributed by atoms with E-state index >= 15 is 0 Å². The first-order valence-electron chi connectivity index (χ1n) is 8.97. The van der Waals surface area contributed by atoms with Gasteiger partial charge in [-0.1, -0.05) is 11.3 Å². The molecule has 9 heteroatoms. The number of nitrogens with zero attached hydrogens (tertiary/aromatic N) is 5. The number of benzene rings is 1. The molecule has 0 saturated carbocycles. The van der Waals surface area contributed by atoms with Crippen molar-refractivity contribution in [2.45, 2.75) is 13.5 Å². The first kappa shape index (κ1) is 18.5. The van der Waals surface area contributed by atoms with Crippen molar-refractivity contribution < 1.29 is 4.92 Å². The summed E-state index contributed by atoms with van der Waals surface area (Å²) < 4.78 is 0.393. The maximum absolute atomic E-state index is 12.5. The van der Waals surface area contributed by atoms with Gasteiger partial charge in [0.1, 0.15) is 4.70 Å². The van der Waals surface area contributed by atoms with Crippen molar-refractivity contribution in [1.82, 2.24) is 14.9 Å². The molecule has 28 heavy (non-hydrogen) atoms. The van der Waals surface area contributed by atoms with Gasteiger partial charge in [0, 0.05) is 51.2 Å². The number of pyridine rings is 1. The minimum Gasteiger partial charge on any atom is -0.345 e. The zero-order valence-electron chi connectivity index (χ0n) is 15.4. The van der Waals surface area contributed by atoms with Crippen LogP contribution in [0.3, 0.4) is 0 Å².